The van der Waals surface area contributed by atoms with Crippen molar-refractivity contribution in [3.05, 3.63) is 40.2 Å². The second kappa shape index (κ2) is 5.37. The smallest absolute Gasteiger partial charge is 0.398 e. The normalized spacial score (nSPS) is 19.6. The van der Waals surface area contributed by atoms with Crippen molar-refractivity contribution in [2.75, 3.05) is 0 Å². The van der Waals surface area contributed by atoms with Crippen molar-refractivity contribution in [1.29, 1.82) is 0 Å². The zero-order valence-corrected chi connectivity index (χ0v) is 15.3. The highest BCUT2D eigenvalue weighted by molar-refractivity contribution is 9.10. The molecule has 0 aliphatic carbocycles. The van der Waals surface area contributed by atoms with E-state index in [1.807, 2.05) is 62.7 Å². The second-order valence-corrected chi connectivity index (χ2v) is 7.52. The van der Waals surface area contributed by atoms with Crippen LogP contribution in [0.4, 0.5) is 0 Å². The molecular weight excluding hydrogens is 366 g/mol. The fourth-order valence-electron chi connectivity index (χ4n) is 2.26. The van der Waals surface area contributed by atoms with Crippen LogP contribution >= 0.6 is 27.5 Å². The van der Waals surface area contributed by atoms with Crippen LogP contribution in [0, 0.1) is 0 Å². The molecule has 4 nitrogen and oxygen atoms in total. The Balaban J connectivity index is 1.94. The van der Waals surface area contributed by atoms with Gasteiger partial charge < -0.3 is 9.31 Å². The molecule has 0 saturated carbocycles. The molecule has 1 aliphatic heterocycles. The van der Waals surface area contributed by atoms with Crippen molar-refractivity contribution in [3.8, 4) is 5.69 Å². The van der Waals surface area contributed by atoms with Gasteiger partial charge >= 0.3 is 7.12 Å². The molecule has 0 atom stereocenters. The number of nitrogens with zero attached hydrogens (tertiary/aromatic N) is 2. The molecule has 3 rings (SSSR count). The van der Waals surface area contributed by atoms with Crippen LogP contribution in [0.2, 0.25) is 5.02 Å². The summed E-state index contributed by atoms with van der Waals surface area (Å²) in [5.74, 6) is 0. The Hall–Kier alpha value is -0.815. The number of hydrogen-bond acceptors (Lipinski definition) is 3. The van der Waals surface area contributed by atoms with Crippen molar-refractivity contribution in [1.82, 2.24) is 9.55 Å². The van der Waals surface area contributed by atoms with Crippen LogP contribution in [0.5, 0.6) is 0 Å². The fraction of sp³-hybridized carbons (Fsp3) is 0.400. The van der Waals surface area contributed by atoms with Gasteiger partial charge in [0.2, 0.25) is 0 Å². The molecule has 1 aliphatic rings. The number of benzene rings is 1. The van der Waals surface area contributed by atoms with Crippen LogP contribution in [0.3, 0.4) is 0 Å². The van der Waals surface area contributed by atoms with Gasteiger partial charge in [0.1, 0.15) is 0 Å². The SMILES string of the molecule is CC1(C)OB(c2cn(-c3cccc(Cl)c3)c(Br)n2)OC1(C)C. The Morgan fingerprint density at radius 3 is 2.41 bits per heavy atom. The van der Waals surface area contributed by atoms with Gasteiger partial charge in [-0.15, -0.1) is 0 Å². The summed E-state index contributed by atoms with van der Waals surface area (Å²) in [6.45, 7) is 8.10. The summed E-state index contributed by atoms with van der Waals surface area (Å²) in [4.78, 5) is 4.52. The van der Waals surface area contributed by atoms with E-state index in [2.05, 4.69) is 20.9 Å². The molecule has 22 heavy (non-hydrogen) atoms. The largest absolute Gasteiger partial charge is 0.516 e. The molecule has 7 heteroatoms. The highest BCUT2D eigenvalue weighted by Crippen LogP contribution is 2.36. The maximum atomic E-state index is 6.06. The average molecular weight is 383 g/mol. The van der Waals surface area contributed by atoms with Crippen LogP contribution in [0.15, 0.2) is 35.2 Å². The minimum Gasteiger partial charge on any atom is -0.398 e. The van der Waals surface area contributed by atoms with Gasteiger partial charge in [-0.25, -0.2) is 4.98 Å². The molecule has 0 unspecified atom stereocenters. The van der Waals surface area contributed by atoms with Gasteiger partial charge in [0.05, 0.1) is 16.8 Å². The van der Waals surface area contributed by atoms with Gasteiger partial charge in [0.25, 0.3) is 0 Å². The number of rotatable bonds is 2. The summed E-state index contributed by atoms with van der Waals surface area (Å²) in [5, 5.41) is 0.676. The van der Waals surface area contributed by atoms with Crippen LogP contribution in [0.1, 0.15) is 27.7 Å². The monoisotopic (exact) mass is 382 g/mol. The summed E-state index contributed by atoms with van der Waals surface area (Å²) in [5.41, 5.74) is 0.883. The summed E-state index contributed by atoms with van der Waals surface area (Å²) in [6.07, 6.45) is 1.90. The van der Waals surface area contributed by atoms with E-state index in [0.29, 0.717) is 9.76 Å². The molecule has 2 heterocycles. The predicted octanol–water partition coefficient (Wildman–Crippen LogP) is 3.59. The molecule has 0 spiro atoms. The molecule has 1 fully saturated rings. The Bertz CT molecular complexity index is 701. The highest BCUT2D eigenvalue weighted by atomic mass is 79.9. The predicted molar refractivity (Wildman–Crippen MR) is 92.0 cm³/mol. The maximum absolute atomic E-state index is 6.06. The number of halogens is 2. The van der Waals surface area contributed by atoms with E-state index in [9.17, 15) is 0 Å². The van der Waals surface area contributed by atoms with Crippen molar-refractivity contribution in [2.24, 2.45) is 0 Å². The van der Waals surface area contributed by atoms with Gasteiger partial charge in [-0.2, -0.15) is 0 Å². The van der Waals surface area contributed by atoms with E-state index in [-0.39, 0.29) is 11.2 Å². The molecule has 0 bridgehead atoms. The summed E-state index contributed by atoms with van der Waals surface area (Å²) in [7, 11) is -0.485. The first-order valence-corrected chi connectivity index (χ1v) is 8.23. The first-order valence-electron chi connectivity index (χ1n) is 7.06. The summed E-state index contributed by atoms with van der Waals surface area (Å²) in [6, 6.07) is 7.58. The molecule has 0 N–H and O–H groups in total. The van der Waals surface area contributed by atoms with E-state index < -0.39 is 7.12 Å². The topological polar surface area (TPSA) is 36.3 Å². The lowest BCUT2D eigenvalue weighted by Crippen LogP contribution is -2.41. The molecule has 1 saturated heterocycles. The van der Waals surface area contributed by atoms with Crippen LogP contribution in [-0.4, -0.2) is 27.9 Å². The summed E-state index contributed by atoms with van der Waals surface area (Å²) >= 11 is 9.54. The van der Waals surface area contributed by atoms with Crippen LogP contribution < -0.4 is 5.59 Å². The standard InChI is InChI=1S/C15H17BBrClN2O2/c1-14(2)15(3,4)22-16(21-14)12-9-20(13(17)19-12)11-7-5-6-10(18)8-11/h5-9H,1-4H3. The van der Waals surface area contributed by atoms with E-state index in [1.54, 1.807) is 0 Å². The zero-order valence-electron chi connectivity index (χ0n) is 12.9. The van der Waals surface area contributed by atoms with Crippen LogP contribution in [-0.2, 0) is 9.31 Å². The molecule has 116 valence electrons. The average Bonchev–Trinajstić information content (AvgIpc) is 2.88. The fourth-order valence-corrected chi connectivity index (χ4v) is 2.96. The van der Waals surface area contributed by atoms with Gasteiger partial charge in [-0.05, 0) is 61.8 Å². The molecular formula is C15H17BBrClN2O2. The van der Waals surface area contributed by atoms with Crippen molar-refractivity contribution in [3.63, 3.8) is 0 Å². The van der Waals surface area contributed by atoms with E-state index in [4.69, 9.17) is 20.9 Å². The lowest BCUT2D eigenvalue weighted by Gasteiger charge is -2.32. The number of hydrogen-bond donors (Lipinski definition) is 0. The first-order chi connectivity index (χ1) is 10.2. The number of imidazole rings is 1. The minimum absolute atomic E-state index is 0.385. The lowest BCUT2D eigenvalue weighted by molar-refractivity contribution is 0.00578. The first kappa shape index (κ1) is 16.1. The quantitative estimate of drug-likeness (QED) is 0.744. The zero-order chi connectivity index (χ0) is 16.1. The van der Waals surface area contributed by atoms with E-state index in [0.717, 1.165) is 11.3 Å². The molecule has 2 aromatic rings. The maximum Gasteiger partial charge on any atom is 0.516 e. The van der Waals surface area contributed by atoms with Crippen LogP contribution in [0.25, 0.3) is 5.69 Å². The third-order valence-corrected chi connectivity index (χ3v) is 5.06. The van der Waals surface area contributed by atoms with Gasteiger partial charge in [-0.3, -0.25) is 4.57 Å². The molecule has 0 amide bonds. The lowest BCUT2D eigenvalue weighted by atomic mass is 9.86. The van der Waals surface area contributed by atoms with Crippen molar-refractivity contribution < 1.29 is 9.31 Å². The third-order valence-electron chi connectivity index (χ3n) is 4.26. The third kappa shape index (κ3) is 2.73. The Morgan fingerprint density at radius 2 is 1.82 bits per heavy atom. The second-order valence-electron chi connectivity index (χ2n) is 6.37. The van der Waals surface area contributed by atoms with E-state index >= 15 is 0 Å². The van der Waals surface area contributed by atoms with Gasteiger partial charge in [0, 0.05) is 16.9 Å². The number of aromatic nitrogens is 2. The van der Waals surface area contributed by atoms with Crippen molar-refractivity contribution in [2.45, 2.75) is 38.9 Å². The summed E-state index contributed by atoms with van der Waals surface area (Å²) < 4.78 is 14.7. The van der Waals surface area contributed by atoms with Crippen molar-refractivity contribution >= 4 is 40.2 Å². The highest BCUT2D eigenvalue weighted by Gasteiger charge is 2.52. The van der Waals surface area contributed by atoms with Gasteiger partial charge in [0.15, 0.2) is 4.73 Å². The molecule has 1 aromatic carbocycles. The molecule has 0 radical (unpaired) electrons. The van der Waals surface area contributed by atoms with Gasteiger partial charge in [-0.1, -0.05) is 17.7 Å². The van der Waals surface area contributed by atoms with E-state index in [1.165, 1.54) is 0 Å². The Morgan fingerprint density at radius 1 is 1.18 bits per heavy atom. The Labute approximate surface area is 144 Å². The Kier molecular flexibility index (Phi) is 3.92. The minimum atomic E-state index is -0.485. The molecule has 1 aromatic heterocycles.